The molecule has 2 aromatic heterocycles. The Balaban J connectivity index is 1.68. The predicted octanol–water partition coefficient (Wildman–Crippen LogP) is 4.16. The summed E-state index contributed by atoms with van der Waals surface area (Å²) in [5.41, 5.74) is 2.96. The molecule has 2 N–H and O–H groups in total. The van der Waals surface area contributed by atoms with Gasteiger partial charge in [0.25, 0.3) is 5.91 Å². The van der Waals surface area contributed by atoms with Gasteiger partial charge in [-0.25, -0.2) is 4.98 Å². The van der Waals surface area contributed by atoms with Crippen LogP contribution in [0.25, 0.3) is 11.0 Å². The van der Waals surface area contributed by atoms with E-state index < -0.39 is 11.3 Å². The summed E-state index contributed by atoms with van der Waals surface area (Å²) in [6.07, 6.45) is 2.29. The number of hydrogen-bond acceptors (Lipinski definition) is 4. The number of amides is 2. The van der Waals surface area contributed by atoms with Crippen LogP contribution in [0.15, 0.2) is 77.7 Å². The predicted molar refractivity (Wildman–Crippen MR) is 130 cm³/mol. The Labute approximate surface area is 191 Å². The van der Waals surface area contributed by atoms with Crippen molar-refractivity contribution in [3.63, 3.8) is 0 Å². The third-order valence-corrected chi connectivity index (χ3v) is 5.30. The van der Waals surface area contributed by atoms with E-state index in [1.54, 1.807) is 43.3 Å². The largest absolute Gasteiger partial charge is 0.325 e. The maximum Gasteiger partial charge on any atom is 0.261 e. The first-order valence-electron chi connectivity index (χ1n) is 10.7. The van der Waals surface area contributed by atoms with Gasteiger partial charge in [-0.2, -0.15) is 0 Å². The summed E-state index contributed by atoms with van der Waals surface area (Å²) < 4.78 is 1.54. The third kappa shape index (κ3) is 4.98. The summed E-state index contributed by atoms with van der Waals surface area (Å²) >= 11 is 0. The van der Waals surface area contributed by atoms with Gasteiger partial charge >= 0.3 is 0 Å². The molecule has 0 saturated heterocycles. The Hall–Kier alpha value is -4.26. The van der Waals surface area contributed by atoms with Crippen LogP contribution in [-0.2, 0) is 17.8 Å². The van der Waals surface area contributed by atoms with Crippen molar-refractivity contribution in [1.29, 1.82) is 0 Å². The zero-order valence-electron chi connectivity index (χ0n) is 18.5. The van der Waals surface area contributed by atoms with Crippen molar-refractivity contribution in [2.75, 3.05) is 10.6 Å². The fourth-order valence-corrected chi connectivity index (χ4v) is 3.54. The molecular weight excluding hydrogens is 416 g/mol. The van der Waals surface area contributed by atoms with Gasteiger partial charge in [0.05, 0.1) is 5.39 Å². The van der Waals surface area contributed by atoms with Crippen molar-refractivity contribution in [2.24, 2.45) is 0 Å². The molecule has 0 aliphatic carbocycles. The van der Waals surface area contributed by atoms with Crippen LogP contribution in [0.1, 0.15) is 28.5 Å². The first-order valence-corrected chi connectivity index (χ1v) is 10.7. The highest BCUT2D eigenvalue weighted by Crippen LogP contribution is 2.15. The molecule has 4 rings (SSSR count). The van der Waals surface area contributed by atoms with E-state index in [0.29, 0.717) is 22.7 Å². The number of nitrogens with zero attached hydrogens (tertiary/aromatic N) is 2. The fourth-order valence-electron chi connectivity index (χ4n) is 3.54. The molecule has 0 aliphatic heterocycles. The number of carbonyl (C=O) groups is 2. The highest BCUT2D eigenvalue weighted by Gasteiger charge is 2.18. The average molecular weight is 441 g/mol. The Kier molecular flexibility index (Phi) is 6.31. The van der Waals surface area contributed by atoms with Crippen LogP contribution in [0.2, 0.25) is 0 Å². The Morgan fingerprint density at radius 3 is 2.30 bits per heavy atom. The lowest BCUT2D eigenvalue weighted by Crippen LogP contribution is -2.27. The number of anilines is 2. The normalized spacial score (nSPS) is 10.7. The van der Waals surface area contributed by atoms with Gasteiger partial charge in [0.15, 0.2) is 0 Å². The van der Waals surface area contributed by atoms with E-state index in [1.165, 1.54) is 10.8 Å². The number of benzene rings is 2. The minimum absolute atomic E-state index is 0.0553. The number of aromatic nitrogens is 2. The highest BCUT2D eigenvalue weighted by atomic mass is 16.2. The van der Waals surface area contributed by atoms with Gasteiger partial charge in [-0.15, -0.1) is 0 Å². The molecule has 0 spiro atoms. The monoisotopic (exact) mass is 440 g/mol. The van der Waals surface area contributed by atoms with Crippen molar-refractivity contribution < 1.29 is 9.59 Å². The van der Waals surface area contributed by atoms with Crippen LogP contribution >= 0.6 is 0 Å². The fraction of sp³-hybridized carbons (Fsp3) is 0.154. The number of carbonyl (C=O) groups excluding carboxylic acids is 2. The zero-order valence-corrected chi connectivity index (χ0v) is 18.5. The number of para-hydroxylation sites is 1. The minimum Gasteiger partial charge on any atom is -0.325 e. The molecule has 0 aliphatic rings. The Morgan fingerprint density at radius 2 is 1.61 bits per heavy atom. The second kappa shape index (κ2) is 9.48. The first-order chi connectivity index (χ1) is 15.9. The van der Waals surface area contributed by atoms with Crippen LogP contribution in [0, 0.1) is 6.92 Å². The number of rotatable bonds is 6. The van der Waals surface area contributed by atoms with Crippen molar-refractivity contribution in [2.45, 2.75) is 26.8 Å². The van der Waals surface area contributed by atoms with Gasteiger partial charge < -0.3 is 15.2 Å². The summed E-state index contributed by atoms with van der Waals surface area (Å²) in [6, 6.07) is 19.9. The molecule has 2 heterocycles. The molecule has 0 atom stereocenters. The van der Waals surface area contributed by atoms with E-state index in [2.05, 4.69) is 22.5 Å². The van der Waals surface area contributed by atoms with E-state index in [-0.39, 0.29) is 23.4 Å². The molecule has 166 valence electrons. The molecular formula is C26H24N4O3. The molecule has 0 saturated carbocycles. The summed E-state index contributed by atoms with van der Waals surface area (Å²) in [6.45, 7) is 3.75. The van der Waals surface area contributed by atoms with Gasteiger partial charge in [0, 0.05) is 23.3 Å². The summed E-state index contributed by atoms with van der Waals surface area (Å²) in [4.78, 5) is 43.2. The molecule has 2 amide bonds. The van der Waals surface area contributed by atoms with Crippen LogP contribution in [-0.4, -0.2) is 21.4 Å². The first kappa shape index (κ1) is 22.0. The van der Waals surface area contributed by atoms with Crippen molar-refractivity contribution in [3.8, 4) is 0 Å². The zero-order chi connectivity index (χ0) is 23.4. The lowest BCUT2D eigenvalue weighted by Gasteiger charge is -2.14. The van der Waals surface area contributed by atoms with Crippen LogP contribution in [0.4, 0.5) is 11.4 Å². The SMILES string of the molecule is CCc1ccc(NC(=O)c2cn(CC(=O)Nc3ccccc3)c3nc(C)ccc3c2=O)cc1. The number of pyridine rings is 2. The summed E-state index contributed by atoms with van der Waals surface area (Å²) in [5, 5.41) is 5.87. The lowest BCUT2D eigenvalue weighted by molar-refractivity contribution is -0.116. The van der Waals surface area contributed by atoms with Crippen LogP contribution in [0.5, 0.6) is 0 Å². The van der Waals surface area contributed by atoms with E-state index in [0.717, 1.165) is 12.0 Å². The molecule has 0 radical (unpaired) electrons. The Morgan fingerprint density at radius 1 is 0.909 bits per heavy atom. The Bertz CT molecular complexity index is 1380. The third-order valence-electron chi connectivity index (χ3n) is 5.30. The highest BCUT2D eigenvalue weighted by molar-refractivity contribution is 6.05. The number of hydrogen-bond donors (Lipinski definition) is 2. The lowest BCUT2D eigenvalue weighted by atomic mass is 10.1. The molecule has 0 fully saturated rings. The topological polar surface area (TPSA) is 93.1 Å². The van der Waals surface area contributed by atoms with E-state index in [9.17, 15) is 14.4 Å². The molecule has 7 nitrogen and oxygen atoms in total. The standard InChI is InChI=1S/C26H24N4O3/c1-3-18-10-12-20(13-11-18)29-26(33)22-15-30(16-23(31)28-19-7-5-4-6-8-19)25-21(24(22)32)14-9-17(2)27-25/h4-15H,3,16H2,1-2H3,(H,28,31)(H,29,33). The van der Waals surface area contributed by atoms with Crippen molar-refractivity contribution in [3.05, 3.63) is 100.0 Å². The van der Waals surface area contributed by atoms with Crippen LogP contribution < -0.4 is 16.1 Å². The molecule has 0 bridgehead atoms. The van der Waals surface area contributed by atoms with Gasteiger partial charge in [0.2, 0.25) is 11.3 Å². The van der Waals surface area contributed by atoms with Crippen molar-refractivity contribution in [1.82, 2.24) is 9.55 Å². The second-order valence-electron chi connectivity index (χ2n) is 7.74. The molecule has 33 heavy (non-hydrogen) atoms. The van der Waals surface area contributed by atoms with Gasteiger partial charge in [0.1, 0.15) is 17.8 Å². The second-order valence-corrected chi connectivity index (χ2v) is 7.74. The molecule has 4 aromatic rings. The number of aryl methyl sites for hydroxylation is 2. The van der Waals surface area contributed by atoms with Crippen LogP contribution in [0.3, 0.4) is 0 Å². The summed E-state index contributed by atoms with van der Waals surface area (Å²) in [5.74, 6) is -0.833. The van der Waals surface area contributed by atoms with E-state index in [1.807, 2.05) is 30.3 Å². The van der Waals surface area contributed by atoms with E-state index >= 15 is 0 Å². The minimum atomic E-state index is -0.538. The molecule has 0 unspecified atom stereocenters. The van der Waals surface area contributed by atoms with Gasteiger partial charge in [-0.3, -0.25) is 14.4 Å². The average Bonchev–Trinajstić information content (AvgIpc) is 2.82. The smallest absolute Gasteiger partial charge is 0.261 e. The molecule has 2 aromatic carbocycles. The maximum absolute atomic E-state index is 13.1. The maximum atomic E-state index is 13.1. The quantitative estimate of drug-likeness (QED) is 0.471. The van der Waals surface area contributed by atoms with Gasteiger partial charge in [-0.05, 0) is 55.3 Å². The molecule has 7 heteroatoms. The van der Waals surface area contributed by atoms with Crippen molar-refractivity contribution >= 4 is 34.2 Å². The number of nitrogens with one attached hydrogen (secondary N) is 2. The van der Waals surface area contributed by atoms with Gasteiger partial charge in [-0.1, -0.05) is 37.3 Å². The number of fused-ring (bicyclic) bond motifs is 1. The van der Waals surface area contributed by atoms with E-state index in [4.69, 9.17) is 0 Å². The summed E-state index contributed by atoms with van der Waals surface area (Å²) in [7, 11) is 0.